The minimum Gasteiger partial charge on any atom is -0.342 e. The van der Waals surface area contributed by atoms with Crippen LogP contribution in [0.3, 0.4) is 0 Å². The fourth-order valence-electron chi connectivity index (χ4n) is 7.17. The Morgan fingerprint density at radius 1 is 0.970 bits per heavy atom. The van der Waals surface area contributed by atoms with E-state index in [0.717, 1.165) is 55.5 Å². The summed E-state index contributed by atoms with van der Waals surface area (Å²) in [4.78, 5) is 39.7. The number of amides is 4. The van der Waals surface area contributed by atoms with Crippen LogP contribution in [0.1, 0.15) is 57.8 Å². The smallest absolute Gasteiger partial charge is 0.315 e. The van der Waals surface area contributed by atoms with Crippen LogP contribution >= 0.6 is 0 Å². The molecule has 5 fully saturated rings. The molecule has 0 radical (unpaired) electrons. The SMILES string of the molecule is O=C(NCCC(=O)N1CCCC(C(=O)Nc2ccccc2)C1)NC12CC3CC(CC(C3)C1)C2. The fourth-order valence-corrected chi connectivity index (χ4v) is 7.17. The highest BCUT2D eigenvalue weighted by Gasteiger charge is 2.51. The number of nitrogens with one attached hydrogen (secondary N) is 3. The molecule has 178 valence electrons. The predicted octanol–water partition coefficient (Wildman–Crippen LogP) is 3.52. The first-order valence-corrected chi connectivity index (χ1v) is 12.7. The van der Waals surface area contributed by atoms with Crippen LogP contribution in [0, 0.1) is 23.7 Å². The van der Waals surface area contributed by atoms with Crippen molar-refractivity contribution in [1.29, 1.82) is 0 Å². The number of piperidine rings is 1. The van der Waals surface area contributed by atoms with Crippen molar-refractivity contribution in [2.24, 2.45) is 23.7 Å². The second-order valence-corrected chi connectivity index (χ2v) is 10.9. The maximum absolute atomic E-state index is 12.7. The van der Waals surface area contributed by atoms with E-state index in [-0.39, 0.29) is 35.7 Å². The van der Waals surface area contributed by atoms with Gasteiger partial charge in [-0.25, -0.2) is 4.79 Å². The molecule has 0 aromatic heterocycles. The van der Waals surface area contributed by atoms with Gasteiger partial charge in [0.2, 0.25) is 11.8 Å². The molecule has 4 aliphatic carbocycles. The molecule has 1 unspecified atom stereocenters. The highest BCUT2D eigenvalue weighted by atomic mass is 16.2. The summed E-state index contributed by atoms with van der Waals surface area (Å²) in [6.07, 6.45) is 9.25. The van der Waals surface area contributed by atoms with Crippen molar-refractivity contribution in [3.8, 4) is 0 Å². The molecule has 7 heteroatoms. The molecule has 4 bridgehead atoms. The lowest BCUT2D eigenvalue weighted by Crippen LogP contribution is -2.61. The molecule has 1 heterocycles. The number of rotatable bonds is 6. The molecule has 5 aliphatic rings. The van der Waals surface area contributed by atoms with Crippen LogP contribution in [0.4, 0.5) is 10.5 Å². The zero-order chi connectivity index (χ0) is 22.8. The Hall–Kier alpha value is -2.57. The molecule has 4 saturated carbocycles. The molecular weight excluding hydrogens is 416 g/mol. The summed E-state index contributed by atoms with van der Waals surface area (Å²) in [5.74, 6) is 2.11. The number of anilines is 1. The van der Waals surface area contributed by atoms with Crippen molar-refractivity contribution < 1.29 is 14.4 Å². The summed E-state index contributed by atoms with van der Waals surface area (Å²) in [6, 6.07) is 9.28. The predicted molar refractivity (Wildman–Crippen MR) is 126 cm³/mol. The van der Waals surface area contributed by atoms with Gasteiger partial charge in [0.25, 0.3) is 0 Å². The number of benzene rings is 1. The van der Waals surface area contributed by atoms with Gasteiger partial charge in [0.05, 0.1) is 5.92 Å². The van der Waals surface area contributed by atoms with E-state index >= 15 is 0 Å². The Morgan fingerprint density at radius 2 is 1.64 bits per heavy atom. The monoisotopic (exact) mass is 452 g/mol. The van der Waals surface area contributed by atoms with E-state index in [1.165, 1.54) is 19.3 Å². The Bertz CT molecular complexity index is 851. The molecule has 1 aliphatic heterocycles. The van der Waals surface area contributed by atoms with Crippen molar-refractivity contribution in [1.82, 2.24) is 15.5 Å². The van der Waals surface area contributed by atoms with E-state index in [2.05, 4.69) is 16.0 Å². The third kappa shape index (κ3) is 5.17. The second kappa shape index (κ2) is 9.35. The quantitative estimate of drug-likeness (QED) is 0.617. The van der Waals surface area contributed by atoms with Crippen molar-refractivity contribution in [3.63, 3.8) is 0 Å². The van der Waals surface area contributed by atoms with Gasteiger partial charge in [-0.3, -0.25) is 9.59 Å². The summed E-state index contributed by atoms with van der Waals surface area (Å²) < 4.78 is 0. The third-order valence-electron chi connectivity index (χ3n) is 8.23. The second-order valence-electron chi connectivity index (χ2n) is 10.9. The topological polar surface area (TPSA) is 90.5 Å². The zero-order valence-corrected chi connectivity index (χ0v) is 19.4. The summed E-state index contributed by atoms with van der Waals surface area (Å²) >= 11 is 0. The highest BCUT2D eigenvalue weighted by Crippen LogP contribution is 2.55. The van der Waals surface area contributed by atoms with Gasteiger partial charge in [-0.1, -0.05) is 18.2 Å². The molecular formula is C26H36N4O3. The number of carbonyl (C=O) groups is 3. The molecule has 1 aromatic carbocycles. The molecule has 4 amide bonds. The number of urea groups is 1. The summed E-state index contributed by atoms with van der Waals surface area (Å²) in [5.41, 5.74) is 0.759. The van der Waals surface area contributed by atoms with E-state index < -0.39 is 0 Å². The van der Waals surface area contributed by atoms with E-state index in [1.807, 2.05) is 30.3 Å². The summed E-state index contributed by atoms with van der Waals surface area (Å²) in [5, 5.41) is 9.16. The van der Waals surface area contributed by atoms with E-state index in [0.29, 0.717) is 19.6 Å². The first-order valence-electron chi connectivity index (χ1n) is 12.7. The van der Waals surface area contributed by atoms with Crippen LogP contribution in [0.25, 0.3) is 0 Å². The number of likely N-dealkylation sites (tertiary alicyclic amines) is 1. The van der Waals surface area contributed by atoms with Crippen molar-refractivity contribution in [2.45, 2.75) is 63.3 Å². The van der Waals surface area contributed by atoms with Crippen LogP contribution in [0.5, 0.6) is 0 Å². The summed E-state index contributed by atoms with van der Waals surface area (Å²) in [7, 11) is 0. The fraction of sp³-hybridized carbons (Fsp3) is 0.654. The van der Waals surface area contributed by atoms with E-state index in [9.17, 15) is 14.4 Å². The number of carbonyl (C=O) groups excluding carboxylic acids is 3. The molecule has 1 aromatic rings. The van der Waals surface area contributed by atoms with Crippen molar-refractivity contribution in [2.75, 3.05) is 25.0 Å². The number of hydrogen-bond acceptors (Lipinski definition) is 3. The van der Waals surface area contributed by atoms with Gasteiger partial charge < -0.3 is 20.9 Å². The molecule has 1 saturated heterocycles. The van der Waals surface area contributed by atoms with Gasteiger partial charge in [-0.2, -0.15) is 0 Å². The Morgan fingerprint density at radius 3 is 2.30 bits per heavy atom. The van der Waals surface area contributed by atoms with Gasteiger partial charge in [-0.15, -0.1) is 0 Å². The third-order valence-corrected chi connectivity index (χ3v) is 8.23. The van der Waals surface area contributed by atoms with Gasteiger partial charge >= 0.3 is 6.03 Å². The normalized spacial score (nSPS) is 32.3. The standard InChI is InChI=1S/C26H36N4O3/c31-23(30-10-4-5-21(17-30)24(32)28-22-6-2-1-3-7-22)8-9-27-25(33)29-26-14-18-11-19(15-26)13-20(12-18)16-26/h1-3,6-7,18-21H,4-5,8-17H2,(H,28,32)(H2,27,29,33). The molecule has 3 N–H and O–H groups in total. The molecule has 1 atom stereocenters. The number of para-hydroxylation sites is 1. The van der Waals surface area contributed by atoms with E-state index in [4.69, 9.17) is 0 Å². The first kappa shape index (κ1) is 22.2. The van der Waals surface area contributed by atoms with Crippen molar-refractivity contribution in [3.05, 3.63) is 30.3 Å². The van der Waals surface area contributed by atoms with E-state index in [1.54, 1.807) is 4.90 Å². The van der Waals surface area contributed by atoms with Gasteiger partial charge in [0.1, 0.15) is 0 Å². The average molecular weight is 453 g/mol. The number of nitrogens with zero attached hydrogens (tertiary/aromatic N) is 1. The Labute approximate surface area is 196 Å². The maximum atomic E-state index is 12.7. The largest absolute Gasteiger partial charge is 0.342 e. The first-order chi connectivity index (χ1) is 16.0. The van der Waals surface area contributed by atoms with Gasteiger partial charge in [0, 0.05) is 37.3 Å². The number of hydrogen-bond donors (Lipinski definition) is 3. The van der Waals surface area contributed by atoms with Crippen LogP contribution in [-0.2, 0) is 9.59 Å². The Balaban J connectivity index is 1.05. The van der Waals surface area contributed by atoms with Crippen LogP contribution < -0.4 is 16.0 Å². The summed E-state index contributed by atoms with van der Waals surface area (Å²) in [6.45, 7) is 1.44. The van der Waals surface area contributed by atoms with Gasteiger partial charge in [-0.05, 0) is 81.3 Å². The van der Waals surface area contributed by atoms with Crippen LogP contribution in [-0.4, -0.2) is 47.9 Å². The molecule has 6 rings (SSSR count). The lowest BCUT2D eigenvalue weighted by molar-refractivity contribution is -0.134. The zero-order valence-electron chi connectivity index (χ0n) is 19.4. The minimum absolute atomic E-state index is 0.00214. The molecule has 33 heavy (non-hydrogen) atoms. The lowest BCUT2D eigenvalue weighted by atomic mass is 9.53. The van der Waals surface area contributed by atoms with Crippen molar-refractivity contribution >= 4 is 23.5 Å². The average Bonchev–Trinajstić information content (AvgIpc) is 2.78. The van der Waals surface area contributed by atoms with Crippen LogP contribution in [0.2, 0.25) is 0 Å². The molecule has 7 nitrogen and oxygen atoms in total. The lowest BCUT2D eigenvalue weighted by Gasteiger charge is -2.56. The van der Waals surface area contributed by atoms with Gasteiger partial charge in [0.15, 0.2) is 0 Å². The Kier molecular flexibility index (Phi) is 6.30. The maximum Gasteiger partial charge on any atom is 0.315 e. The minimum atomic E-state index is -0.199. The highest BCUT2D eigenvalue weighted by molar-refractivity contribution is 5.93. The molecule has 0 spiro atoms. The van der Waals surface area contributed by atoms with Crippen LogP contribution in [0.15, 0.2) is 30.3 Å².